The molecule has 1 aliphatic heterocycles. The fourth-order valence-electron chi connectivity index (χ4n) is 3.48. The molecule has 0 saturated carbocycles. The Morgan fingerprint density at radius 3 is 2.38 bits per heavy atom. The molecule has 0 bridgehead atoms. The Hall–Kier alpha value is -2.44. The quantitative estimate of drug-likeness (QED) is 0.778. The number of fused-ring (bicyclic) bond motifs is 1. The maximum absolute atomic E-state index is 14.6. The van der Waals surface area contributed by atoms with E-state index in [1.165, 1.54) is 6.07 Å². The topological polar surface area (TPSA) is 58.6 Å². The Labute approximate surface area is 153 Å². The monoisotopic (exact) mass is 360 g/mol. The molecule has 26 heavy (non-hydrogen) atoms. The third-order valence-corrected chi connectivity index (χ3v) is 4.40. The van der Waals surface area contributed by atoms with Crippen molar-refractivity contribution >= 4 is 22.8 Å². The van der Waals surface area contributed by atoms with Crippen LogP contribution in [0.4, 0.5) is 14.9 Å². The molecular formula is C19H25FN4O2. The zero-order valence-corrected chi connectivity index (χ0v) is 15.9. The third-order valence-electron chi connectivity index (χ3n) is 4.40. The summed E-state index contributed by atoms with van der Waals surface area (Å²) in [6, 6.07) is 2.80. The van der Waals surface area contributed by atoms with Gasteiger partial charge in [-0.15, -0.1) is 0 Å². The summed E-state index contributed by atoms with van der Waals surface area (Å²) in [5, 5.41) is 0. The highest BCUT2D eigenvalue weighted by atomic mass is 19.1. The lowest BCUT2D eigenvalue weighted by Crippen LogP contribution is -2.59. The van der Waals surface area contributed by atoms with Crippen LogP contribution in [0.5, 0.6) is 0 Å². The van der Waals surface area contributed by atoms with E-state index in [0.29, 0.717) is 29.8 Å². The van der Waals surface area contributed by atoms with Crippen LogP contribution in [0.3, 0.4) is 0 Å². The Balaban J connectivity index is 1.89. The fourth-order valence-corrected chi connectivity index (χ4v) is 3.48. The normalized spacial score (nSPS) is 21.2. The van der Waals surface area contributed by atoms with Gasteiger partial charge in [0.25, 0.3) is 0 Å². The van der Waals surface area contributed by atoms with E-state index in [2.05, 4.69) is 9.97 Å². The van der Waals surface area contributed by atoms with Gasteiger partial charge in [-0.2, -0.15) is 0 Å². The van der Waals surface area contributed by atoms with Crippen LogP contribution in [-0.2, 0) is 4.74 Å². The van der Waals surface area contributed by atoms with Crippen molar-refractivity contribution in [1.82, 2.24) is 14.9 Å². The van der Waals surface area contributed by atoms with Crippen LogP contribution >= 0.6 is 0 Å². The van der Waals surface area contributed by atoms with Crippen molar-refractivity contribution in [3.8, 4) is 0 Å². The Morgan fingerprint density at radius 2 is 1.77 bits per heavy atom. The largest absolute Gasteiger partial charge is 0.444 e. The maximum atomic E-state index is 14.6. The highest BCUT2D eigenvalue weighted by Crippen LogP contribution is 2.31. The maximum Gasteiger partial charge on any atom is 0.410 e. The highest BCUT2D eigenvalue weighted by Gasteiger charge is 2.36. The van der Waals surface area contributed by atoms with Crippen LogP contribution in [-0.4, -0.2) is 51.7 Å². The number of halogens is 1. The Bertz CT molecular complexity index is 809. The van der Waals surface area contributed by atoms with Crippen LogP contribution in [0.1, 0.15) is 34.6 Å². The average Bonchev–Trinajstić information content (AvgIpc) is 2.52. The van der Waals surface area contributed by atoms with Crippen molar-refractivity contribution in [1.29, 1.82) is 0 Å². The molecule has 1 aliphatic rings. The molecule has 1 saturated heterocycles. The number of hydrogen-bond donors (Lipinski definition) is 0. The number of piperazine rings is 1. The van der Waals surface area contributed by atoms with E-state index in [4.69, 9.17) is 4.74 Å². The number of ether oxygens (including phenoxy) is 1. The Kier molecular flexibility index (Phi) is 4.73. The summed E-state index contributed by atoms with van der Waals surface area (Å²) in [7, 11) is 0. The number of amides is 1. The predicted octanol–water partition coefficient (Wildman–Crippen LogP) is 3.60. The van der Waals surface area contributed by atoms with E-state index in [0.717, 1.165) is 0 Å². The van der Waals surface area contributed by atoms with E-state index in [1.54, 1.807) is 23.4 Å². The van der Waals surface area contributed by atoms with Crippen LogP contribution < -0.4 is 4.90 Å². The van der Waals surface area contributed by atoms with E-state index in [-0.39, 0.29) is 24.0 Å². The average molecular weight is 360 g/mol. The molecule has 0 N–H and O–H groups in total. The second-order valence-corrected chi connectivity index (χ2v) is 7.81. The van der Waals surface area contributed by atoms with E-state index >= 15 is 0 Å². The van der Waals surface area contributed by atoms with Crippen LogP contribution in [0.2, 0.25) is 0 Å². The van der Waals surface area contributed by atoms with Gasteiger partial charge in [0.1, 0.15) is 22.6 Å². The standard InChI is InChI=1S/C19H25FN4O2/c1-12-10-23(11-13(2)24(12)18(25)26-19(3,4)5)17-14(20)6-7-15-16(17)22-9-8-21-15/h6-9,12-13H,10-11H2,1-5H3/t12-,13+. The van der Waals surface area contributed by atoms with Gasteiger partial charge >= 0.3 is 6.09 Å². The van der Waals surface area contributed by atoms with Gasteiger partial charge in [0.05, 0.1) is 17.6 Å². The highest BCUT2D eigenvalue weighted by molar-refractivity contribution is 5.88. The SMILES string of the molecule is C[C@@H]1CN(c2c(F)ccc3nccnc23)C[C@H](C)N1C(=O)OC(C)(C)C. The minimum atomic E-state index is -0.551. The molecule has 0 unspecified atom stereocenters. The minimum absolute atomic E-state index is 0.125. The number of carbonyl (C=O) groups is 1. The van der Waals surface area contributed by atoms with Gasteiger partial charge in [-0.3, -0.25) is 14.9 Å². The molecule has 0 radical (unpaired) electrons. The third kappa shape index (κ3) is 3.57. The summed E-state index contributed by atoms with van der Waals surface area (Å²) in [5.74, 6) is -0.330. The molecule has 0 spiro atoms. The van der Waals surface area contributed by atoms with Crippen LogP contribution in [0, 0.1) is 5.82 Å². The fraction of sp³-hybridized carbons (Fsp3) is 0.526. The van der Waals surface area contributed by atoms with Crippen molar-refractivity contribution < 1.29 is 13.9 Å². The first kappa shape index (κ1) is 18.4. The van der Waals surface area contributed by atoms with Crippen LogP contribution in [0.25, 0.3) is 11.0 Å². The van der Waals surface area contributed by atoms with Gasteiger partial charge in [-0.25, -0.2) is 9.18 Å². The van der Waals surface area contributed by atoms with Crippen molar-refractivity contribution in [2.45, 2.75) is 52.3 Å². The summed E-state index contributed by atoms with van der Waals surface area (Å²) in [6.45, 7) is 10.4. The van der Waals surface area contributed by atoms with Gasteiger partial charge in [0, 0.05) is 25.5 Å². The van der Waals surface area contributed by atoms with Crippen molar-refractivity contribution in [3.63, 3.8) is 0 Å². The molecule has 140 valence electrons. The molecular weight excluding hydrogens is 335 g/mol. The molecule has 2 aromatic rings. The van der Waals surface area contributed by atoms with Gasteiger partial charge in [-0.05, 0) is 46.8 Å². The molecule has 3 rings (SSSR count). The molecule has 2 atom stereocenters. The summed E-state index contributed by atoms with van der Waals surface area (Å²) >= 11 is 0. The zero-order valence-electron chi connectivity index (χ0n) is 15.9. The predicted molar refractivity (Wildman–Crippen MR) is 98.7 cm³/mol. The molecule has 6 nitrogen and oxygen atoms in total. The number of carbonyl (C=O) groups excluding carboxylic acids is 1. The van der Waals surface area contributed by atoms with Crippen molar-refractivity contribution in [3.05, 3.63) is 30.3 Å². The van der Waals surface area contributed by atoms with Gasteiger partial charge in [-0.1, -0.05) is 0 Å². The summed E-state index contributed by atoms with van der Waals surface area (Å²) in [4.78, 5) is 24.8. The second kappa shape index (κ2) is 6.70. The van der Waals surface area contributed by atoms with Crippen LogP contribution in [0.15, 0.2) is 24.5 Å². The lowest BCUT2D eigenvalue weighted by molar-refractivity contribution is 0.00565. The first-order valence-electron chi connectivity index (χ1n) is 8.83. The number of anilines is 1. The molecule has 7 heteroatoms. The smallest absolute Gasteiger partial charge is 0.410 e. The number of aromatic nitrogens is 2. The zero-order chi connectivity index (χ0) is 19.1. The summed E-state index contributed by atoms with van der Waals surface area (Å²) in [5.41, 5.74) is 1.08. The first-order valence-corrected chi connectivity index (χ1v) is 8.83. The van der Waals surface area contributed by atoms with Gasteiger partial charge < -0.3 is 9.64 Å². The first-order chi connectivity index (χ1) is 12.2. The lowest BCUT2D eigenvalue weighted by atomic mass is 10.1. The number of rotatable bonds is 1. The lowest BCUT2D eigenvalue weighted by Gasteiger charge is -2.45. The molecule has 1 aromatic heterocycles. The molecule has 1 aromatic carbocycles. The number of nitrogens with zero attached hydrogens (tertiary/aromatic N) is 4. The van der Waals surface area contributed by atoms with E-state index < -0.39 is 5.60 Å². The van der Waals surface area contributed by atoms with E-state index in [9.17, 15) is 9.18 Å². The number of benzene rings is 1. The minimum Gasteiger partial charge on any atom is -0.444 e. The summed E-state index contributed by atoms with van der Waals surface area (Å²) < 4.78 is 20.1. The molecule has 0 aliphatic carbocycles. The van der Waals surface area contributed by atoms with E-state index in [1.807, 2.05) is 39.5 Å². The molecule has 2 heterocycles. The van der Waals surface area contributed by atoms with Crippen molar-refractivity contribution in [2.75, 3.05) is 18.0 Å². The summed E-state index contributed by atoms with van der Waals surface area (Å²) in [6.07, 6.45) is 2.82. The van der Waals surface area contributed by atoms with Gasteiger partial charge in [0.2, 0.25) is 0 Å². The molecule has 1 amide bonds. The number of hydrogen-bond acceptors (Lipinski definition) is 5. The van der Waals surface area contributed by atoms with Crippen molar-refractivity contribution in [2.24, 2.45) is 0 Å². The Morgan fingerprint density at radius 1 is 1.15 bits per heavy atom. The molecule has 1 fully saturated rings. The van der Waals surface area contributed by atoms with Gasteiger partial charge in [0.15, 0.2) is 0 Å². The second-order valence-electron chi connectivity index (χ2n) is 7.81.